The molecule has 12 nitrogen and oxygen atoms in total. The zero-order chi connectivity index (χ0) is 37.6. The van der Waals surface area contributed by atoms with Crippen LogP contribution in [0, 0.1) is 0 Å². The highest BCUT2D eigenvalue weighted by molar-refractivity contribution is 7.93. The number of hydrogen-bond donors (Lipinski definition) is 0. The second kappa shape index (κ2) is 13.7. The maximum atomic E-state index is 15.4. The molecule has 3 heterocycles. The van der Waals surface area contributed by atoms with Crippen LogP contribution in [-0.4, -0.2) is 87.1 Å². The molecule has 0 bridgehead atoms. The second-order valence-corrected chi connectivity index (χ2v) is 14.3. The number of esters is 1. The molecule has 1 unspecified atom stereocenters. The van der Waals surface area contributed by atoms with Crippen molar-refractivity contribution in [1.82, 2.24) is 14.8 Å². The first-order chi connectivity index (χ1) is 24.6. The second-order valence-electron chi connectivity index (χ2n) is 12.1. The summed E-state index contributed by atoms with van der Waals surface area (Å²) in [6.07, 6.45) is -6.34. The van der Waals surface area contributed by atoms with E-state index >= 15 is 4.79 Å². The number of nitrogens with zero attached hydrogens (tertiary/aromatic N) is 4. The van der Waals surface area contributed by atoms with Gasteiger partial charge in [-0.3, -0.25) is 14.5 Å². The number of ether oxygens (including phenoxy) is 3. The van der Waals surface area contributed by atoms with Crippen LogP contribution >= 0.6 is 11.6 Å². The molecular formula is C35H30ClF3N4O8S. The van der Waals surface area contributed by atoms with Crippen LogP contribution < -0.4 is 13.8 Å². The molecular weight excluding hydrogens is 729 g/mol. The Balaban J connectivity index is 1.54. The number of alkyl halides is 3. The van der Waals surface area contributed by atoms with Crippen molar-refractivity contribution in [2.24, 2.45) is 0 Å². The molecule has 0 N–H and O–H groups in total. The number of fused-ring (bicyclic) bond motifs is 1. The van der Waals surface area contributed by atoms with Gasteiger partial charge in [-0.1, -0.05) is 48.0 Å². The minimum absolute atomic E-state index is 0.0191. The van der Waals surface area contributed by atoms with Gasteiger partial charge >= 0.3 is 12.1 Å². The third-order valence-electron chi connectivity index (χ3n) is 8.70. The summed E-state index contributed by atoms with van der Waals surface area (Å²) in [5.74, 6) is -3.68. The lowest BCUT2D eigenvalue weighted by atomic mass is 9.80. The van der Waals surface area contributed by atoms with Crippen molar-refractivity contribution in [3.63, 3.8) is 0 Å². The molecule has 0 aliphatic carbocycles. The third-order valence-corrected chi connectivity index (χ3v) is 10.6. The lowest BCUT2D eigenvalue weighted by molar-refractivity contribution is -0.204. The molecule has 0 spiro atoms. The van der Waals surface area contributed by atoms with Gasteiger partial charge in [0.1, 0.15) is 22.5 Å². The first kappa shape index (κ1) is 36.6. The minimum atomic E-state index is -5.35. The lowest BCUT2D eigenvalue weighted by Gasteiger charge is -2.42. The third kappa shape index (κ3) is 6.30. The van der Waals surface area contributed by atoms with Crippen molar-refractivity contribution < 1.29 is 50.2 Å². The van der Waals surface area contributed by atoms with Gasteiger partial charge in [0.25, 0.3) is 15.9 Å². The molecule has 1 saturated heterocycles. The Kier molecular flexibility index (Phi) is 9.67. The monoisotopic (exact) mass is 758 g/mol. The molecule has 52 heavy (non-hydrogen) atoms. The summed E-state index contributed by atoms with van der Waals surface area (Å²) in [5.41, 5.74) is -2.40. The topological polar surface area (TPSA) is 136 Å². The number of anilines is 1. The Morgan fingerprint density at radius 1 is 0.981 bits per heavy atom. The average molecular weight is 759 g/mol. The van der Waals surface area contributed by atoms with E-state index in [0.29, 0.717) is 10.1 Å². The maximum Gasteiger partial charge on any atom is 0.490 e. The van der Waals surface area contributed by atoms with Crippen LogP contribution in [0.5, 0.6) is 17.4 Å². The van der Waals surface area contributed by atoms with Crippen molar-refractivity contribution in [2.45, 2.75) is 35.2 Å². The highest BCUT2D eigenvalue weighted by atomic mass is 35.5. The number of amides is 2. The molecule has 2 aliphatic rings. The molecule has 6 rings (SSSR count). The molecule has 3 aromatic carbocycles. The van der Waals surface area contributed by atoms with Crippen molar-refractivity contribution in [3.8, 4) is 17.4 Å². The van der Waals surface area contributed by atoms with Crippen molar-refractivity contribution in [3.05, 3.63) is 107 Å². The number of carbonyl (C=O) groups excluding carboxylic acids is 3. The molecule has 1 fully saturated rings. The Morgan fingerprint density at radius 2 is 1.67 bits per heavy atom. The number of rotatable bonds is 9. The summed E-state index contributed by atoms with van der Waals surface area (Å²) in [6.45, 7) is -0.594. The molecule has 272 valence electrons. The predicted octanol–water partition coefficient (Wildman–Crippen LogP) is 5.15. The first-order valence-corrected chi connectivity index (χ1v) is 17.4. The summed E-state index contributed by atoms with van der Waals surface area (Å²) >= 11 is 6.50. The fraction of sp³-hybridized carbons (Fsp3) is 0.257. The quantitative estimate of drug-likeness (QED) is 0.211. The molecule has 4 aromatic rings. The number of aromatic nitrogens is 1. The van der Waals surface area contributed by atoms with Crippen molar-refractivity contribution in [1.29, 1.82) is 0 Å². The van der Waals surface area contributed by atoms with Gasteiger partial charge in [0.05, 0.1) is 25.0 Å². The van der Waals surface area contributed by atoms with E-state index in [2.05, 4.69) is 4.98 Å². The van der Waals surface area contributed by atoms with Gasteiger partial charge in [-0.15, -0.1) is 0 Å². The van der Waals surface area contributed by atoms with E-state index in [1.807, 2.05) is 0 Å². The maximum absolute atomic E-state index is 15.4. The summed E-state index contributed by atoms with van der Waals surface area (Å²) < 4.78 is 86.0. The lowest BCUT2D eigenvalue weighted by Crippen LogP contribution is -2.59. The zero-order valence-corrected chi connectivity index (χ0v) is 29.3. The zero-order valence-electron chi connectivity index (χ0n) is 27.7. The number of pyridine rings is 1. The van der Waals surface area contributed by atoms with Crippen LogP contribution in [0.2, 0.25) is 5.02 Å². The van der Waals surface area contributed by atoms with E-state index in [9.17, 15) is 31.2 Å². The van der Waals surface area contributed by atoms with Gasteiger partial charge in [0.2, 0.25) is 11.8 Å². The van der Waals surface area contributed by atoms with Crippen molar-refractivity contribution in [2.75, 3.05) is 32.1 Å². The Hall–Kier alpha value is -5.19. The summed E-state index contributed by atoms with van der Waals surface area (Å²) in [7, 11) is -0.694. The van der Waals surface area contributed by atoms with E-state index in [4.69, 9.17) is 25.8 Å². The molecule has 0 radical (unpaired) electrons. The van der Waals surface area contributed by atoms with E-state index in [0.717, 1.165) is 6.20 Å². The number of likely N-dealkylation sites (tertiary alicyclic amines) is 1. The molecule has 17 heteroatoms. The first-order valence-electron chi connectivity index (χ1n) is 15.6. The van der Waals surface area contributed by atoms with Crippen LogP contribution in [0.4, 0.5) is 18.9 Å². The summed E-state index contributed by atoms with van der Waals surface area (Å²) in [5, 5.41) is 0.0730. The Labute approximate surface area is 301 Å². The SMILES string of the molecule is COc1ccccc1C1(N2C[C@H](OC(=O)C(F)(F)F)C[C@H]2C(=O)N(C)C)C(=O)N(S(=O)(=O)c2ccc(Oc3ccccc3)nc2)c2ccc(Cl)cc21. The van der Waals surface area contributed by atoms with Gasteiger partial charge in [-0.25, -0.2) is 22.5 Å². The molecule has 0 saturated carbocycles. The number of halogens is 4. The largest absolute Gasteiger partial charge is 0.496 e. The van der Waals surface area contributed by atoms with Gasteiger partial charge in [0.15, 0.2) is 5.54 Å². The highest BCUT2D eigenvalue weighted by Crippen LogP contribution is 2.55. The highest BCUT2D eigenvalue weighted by Gasteiger charge is 2.64. The number of methoxy groups -OCH3 is 1. The van der Waals surface area contributed by atoms with Crippen LogP contribution in [-0.2, 0) is 34.7 Å². The molecule has 1 aromatic heterocycles. The Morgan fingerprint density at radius 3 is 2.31 bits per heavy atom. The van der Waals surface area contributed by atoms with E-state index in [1.165, 1.54) is 73.5 Å². The van der Waals surface area contributed by atoms with Gasteiger partial charge < -0.3 is 19.1 Å². The van der Waals surface area contributed by atoms with Gasteiger partial charge in [0, 0.05) is 49.3 Å². The van der Waals surface area contributed by atoms with Crippen molar-refractivity contribution >= 4 is 45.1 Å². The van der Waals surface area contributed by atoms with E-state index < -0.39 is 69.5 Å². The number of likely N-dealkylation sites (N-methyl/N-ethyl adjacent to an activating group) is 1. The fourth-order valence-corrected chi connectivity index (χ4v) is 8.10. The minimum Gasteiger partial charge on any atom is -0.496 e. The summed E-state index contributed by atoms with van der Waals surface area (Å²) in [4.78, 5) is 47.3. The number of carbonyl (C=O) groups is 3. The molecule has 3 atom stereocenters. The number of hydrogen-bond acceptors (Lipinski definition) is 10. The van der Waals surface area contributed by atoms with E-state index in [-0.39, 0.29) is 33.5 Å². The summed E-state index contributed by atoms with van der Waals surface area (Å²) in [6, 6.07) is 19.9. The van der Waals surface area contributed by atoms with E-state index in [1.54, 1.807) is 42.5 Å². The van der Waals surface area contributed by atoms with Crippen LogP contribution in [0.15, 0.2) is 96.0 Å². The molecule has 2 amide bonds. The number of para-hydroxylation sites is 2. The normalized spacial score (nSPS) is 20.4. The van der Waals surface area contributed by atoms with Gasteiger partial charge in [-0.05, 0) is 42.5 Å². The average Bonchev–Trinajstić information content (AvgIpc) is 3.64. The van der Waals surface area contributed by atoms with Gasteiger partial charge in [-0.2, -0.15) is 13.2 Å². The number of sulfonamides is 1. The van der Waals surface area contributed by atoms with Crippen LogP contribution in [0.25, 0.3) is 0 Å². The Bertz CT molecular complexity index is 2140. The predicted molar refractivity (Wildman–Crippen MR) is 180 cm³/mol. The van der Waals surface area contributed by atoms with Crippen LogP contribution in [0.1, 0.15) is 17.5 Å². The smallest absolute Gasteiger partial charge is 0.490 e. The fourth-order valence-electron chi connectivity index (χ4n) is 6.52. The van der Waals surface area contributed by atoms with Crippen LogP contribution in [0.3, 0.4) is 0 Å². The molecule has 2 aliphatic heterocycles. The number of benzene rings is 3. The standard InChI is InChI=1S/C35H30ClF3N4O8S/c1-41(2)31(44)28-18-23(51-33(46)35(37,38)39)20-42(28)34(25-11-7-8-12-29(25)49-3)26-17-21(36)13-15-27(26)43(32(34)45)52(47,48)24-14-16-30(40-19-24)50-22-9-5-4-6-10-22/h4-17,19,23,28H,18,20H2,1-3H3/t23-,28+,34?/m1/s1.